The van der Waals surface area contributed by atoms with E-state index in [0.717, 1.165) is 12.8 Å². The van der Waals surface area contributed by atoms with E-state index in [9.17, 15) is 9.59 Å². The van der Waals surface area contributed by atoms with Crippen molar-refractivity contribution in [3.05, 3.63) is 48.0 Å². The summed E-state index contributed by atoms with van der Waals surface area (Å²) in [5.74, 6) is -1.39. The largest absolute Gasteiger partial charge is 0.460 e. The molecule has 0 radical (unpaired) electrons. The Bertz CT molecular complexity index is 393. The molecule has 3 nitrogen and oxygen atoms in total. The summed E-state index contributed by atoms with van der Waals surface area (Å²) in [7, 11) is 0. The summed E-state index contributed by atoms with van der Waals surface area (Å²) in [5.41, 5.74) is 1.21. The maximum absolute atomic E-state index is 11.2. The van der Waals surface area contributed by atoms with Gasteiger partial charge in [-0.25, -0.2) is 4.79 Å². The number of carbonyl (C=O) groups is 2. The van der Waals surface area contributed by atoms with Gasteiger partial charge in [-0.1, -0.05) is 36.4 Å². The monoisotopic (exact) mass is 232 g/mol. The van der Waals surface area contributed by atoms with Crippen LogP contribution in [0.2, 0.25) is 0 Å². The topological polar surface area (TPSA) is 43.4 Å². The molecule has 0 bridgehead atoms. The first-order valence-corrected chi connectivity index (χ1v) is 5.65. The number of hydrogen-bond donors (Lipinski definition) is 0. The summed E-state index contributed by atoms with van der Waals surface area (Å²) >= 11 is 0. The van der Waals surface area contributed by atoms with Gasteiger partial charge in [0.05, 0.1) is 6.61 Å². The highest BCUT2D eigenvalue weighted by molar-refractivity contribution is 6.38. The van der Waals surface area contributed by atoms with Crippen LogP contribution in [0.4, 0.5) is 0 Å². The smallest absolute Gasteiger partial charge is 0.378 e. The highest BCUT2D eigenvalue weighted by atomic mass is 16.5. The Morgan fingerprint density at radius 3 is 2.59 bits per heavy atom. The lowest BCUT2D eigenvalue weighted by molar-refractivity contribution is -0.151. The molecule has 0 atom stereocenters. The van der Waals surface area contributed by atoms with Gasteiger partial charge in [0.1, 0.15) is 0 Å². The standard InChI is InChI=1S/C14H16O3/c1-2-17-14(16)13(15)11-7-6-10-12-8-4-3-5-9-12/h3-5,7-9,11H,2,6,10H2,1H3. The van der Waals surface area contributed by atoms with Crippen LogP contribution in [-0.4, -0.2) is 18.4 Å². The van der Waals surface area contributed by atoms with Crippen LogP contribution in [-0.2, 0) is 20.7 Å². The molecule has 0 amide bonds. The summed E-state index contributed by atoms with van der Waals surface area (Å²) in [6.45, 7) is 1.90. The van der Waals surface area contributed by atoms with Gasteiger partial charge in [0, 0.05) is 0 Å². The second-order valence-electron chi connectivity index (χ2n) is 3.51. The number of benzene rings is 1. The minimum Gasteiger partial charge on any atom is -0.460 e. The van der Waals surface area contributed by atoms with Crippen molar-refractivity contribution in [2.24, 2.45) is 0 Å². The Balaban J connectivity index is 2.31. The van der Waals surface area contributed by atoms with Crippen molar-refractivity contribution < 1.29 is 14.3 Å². The van der Waals surface area contributed by atoms with Gasteiger partial charge >= 0.3 is 5.97 Å². The van der Waals surface area contributed by atoms with E-state index in [-0.39, 0.29) is 6.61 Å². The van der Waals surface area contributed by atoms with E-state index in [1.54, 1.807) is 13.0 Å². The highest BCUT2D eigenvalue weighted by Crippen LogP contribution is 2.02. The molecule has 0 saturated heterocycles. The minimum atomic E-state index is -0.788. The molecule has 0 heterocycles. The van der Waals surface area contributed by atoms with Crippen LogP contribution in [0.3, 0.4) is 0 Å². The fraction of sp³-hybridized carbons (Fsp3) is 0.286. The minimum absolute atomic E-state index is 0.225. The van der Waals surface area contributed by atoms with Crippen molar-refractivity contribution in [2.45, 2.75) is 19.8 Å². The summed E-state index contributed by atoms with van der Waals surface area (Å²) in [6.07, 6.45) is 4.57. The molecule has 1 aromatic rings. The second-order valence-corrected chi connectivity index (χ2v) is 3.51. The van der Waals surface area contributed by atoms with E-state index in [2.05, 4.69) is 4.74 Å². The van der Waals surface area contributed by atoms with Gasteiger partial charge in [0.15, 0.2) is 0 Å². The number of allylic oxidation sites excluding steroid dienone is 1. The van der Waals surface area contributed by atoms with E-state index < -0.39 is 11.8 Å². The first-order chi connectivity index (χ1) is 8.24. The zero-order chi connectivity index (χ0) is 12.5. The van der Waals surface area contributed by atoms with Gasteiger partial charge in [-0.05, 0) is 31.4 Å². The predicted octanol–water partition coefficient (Wildman–Crippen LogP) is 2.31. The normalized spacial score (nSPS) is 10.4. The maximum atomic E-state index is 11.2. The Hall–Kier alpha value is -1.90. The highest BCUT2D eigenvalue weighted by Gasteiger charge is 2.09. The summed E-state index contributed by atoms with van der Waals surface area (Å²) in [5, 5.41) is 0. The first-order valence-electron chi connectivity index (χ1n) is 5.65. The van der Waals surface area contributed by atoms with Crippen LogP contribution >= 0.6 is 0 Å². The van der Waals surface area contributed by atoms with Crippen LogP contribution in [0.25, 0.3) is 0 Å². The van der Waals surface area contributed by atoms with Gasteiger partial charge in [0.2, 0.25) is 0 Å². The average molecular weight is 232 g/mol. The van der Waals surface area contributed by atoms with Crippen molar-refractivity contribution in [3.8, 4) is 0 Å². The lowest BCUT2D eigenvalue weighted by Gasteiger charge is -1.97. The van der Waals surface area contributed by atoms with Crippen LogP contribution in [0.15, 0.2) is 42.5 Å². The van der Waals surface area contributed by atoms with Gasteiger partial charge < -0.3 is 4.74 Å². The van der Waals surface area contributed by atoms with E-state index in [4.69, 9.17) is 0 Å². The fourth-order valence-electron chi connectivity index (χ4n) is 1.36. The molecule has 0 spiro atoms. The number of esters is 1. The van der Waals surface area contributed by atoms with Crippen LogP contribution in [0.1, 0.15) is 18.9 Å². The Labute approximate surface area is 101 Å². The average Bonchev–Trinajstić information content (AvgIpc) is 2.36. The number of ketones is 1. The molecular weight excluding hydrogens is 216 g/mol. The molecule has 0 aliphatic rings. The molecule has 0 N–H and O–H groups in total. The van der Waals surface area contributed by atoms with E-state index in [1.165, 1.54) is 11.6 Å². The van der Waals surface area contributed by atoms with Crippen LogP contribution in [0.5, 0.6) is 0 Å². The van der Waals surface area contributed by atoms with Gasteiger partial charge in [0.25, 0.3) is 5.78 Å². The third-order valence-electron chi connectivity index (χ3n) is 2.19. The molecule has 90 valence electrons. The van der Waals surface area contributed by atoms with E-state index in [1.807, 2.05) is 30.3 Å². The van der Waals surface area contributed by atoms with Gasteiger partial charge in [-0.2, -0.15) is 0 Å². The molecule has 0 fully saturated rings. The third-order valence-corrected chi connectivity index (χ3v) is 2.19. The zero-order valence-corrected chi connectivity index (χ0v) is 9.89. The van der Waals surface area contributed by atoms with Crippen molar-refractivity contribution in [1.82, 2.24) is 0 Å². The Morgan fingerprint density at radius 1 is 1.24 bits per heavy atom. The molecule has 0 unspecified atom stereocenters. The molecule has 3 heteroatoms. The number of carbonyl (C=O) groups excluding carboxylic acids is 2. The fourth-order valence-corrected chi connectivity index (χ4v) is 1.36. The second kappa shape index (κ2) is 7.39. The maximum Gasteiger partial charge on any atom is 0.378 e. The Morgan fingerprint density at radius 2 is 1.94 bits per heavy atom. The molecule has 0 aliphatic heterocycles. The Kier molecular flexibility index (Phi) is 5.72. The van der Waals surface area contributed by atoms with Crippen LogP contribution in [0, 0.1) is 0 Å². The van der Waals surface area contributed by atoms with Gasteiger partial charge in [-0.3, -0.25) is 4.79 Å². The molecule has 0 aliphatic carbocycles. The molecular formula is C14H16O3. The number of ether oxygens (including phenoxy) is 1. The third kappa shape index (κ3) is 5.11. The molecule has 1 rings (SSSR count). The van der Waals surface area contributed by atoms with Crippen molar-refractivity contribution >= 4 is 11.8 Å². The van der Waals surface area contributed by atoms with E-state index in [0.29, 0.717) is 0 Å². The van der Waals surface area contributed by atoms with E-state index >= 15 is 0 Å². The molecule has 1 aromatic carbocycles. The lowest BCUT2D eigenvalue weighted by Crippen LogP contribution is -2.14. The van der Waals surface area contributed by atoms with Gasteiger partial charge in [-0.15, -0.1) is 0 Å². The molecule has 0 saturated carbocycles. The summed E-state index contributed by atoms with van der Waals surface area (Å²) in [4.78, 5) is 22.2. The number of rotatable bonds is 6. The summed E-state index contributed by atoms with van der Waals surface area (Å²) in [6, 6.07) is 9.97. The molecule has 17 heavy (non-hydrogen) atoms. The van der Waals surface area contributed by atoms with Crippen LogP contribution < -0.4 is 0 Å². The first kappa shape index (κ1) is 13.2. The van der Waals surface area contributed by atoms with Crippen molar-refractivity contribution in [3.63, 3.8) is 0 Å². The quantitative estimate of drug-likeness (QED) is 0.429. The SMILES string of the molecule is CCOC(=O)C(=O)C=CCCc1ccccc1. The summed E-state index contributed by atoms with van der Waals surface area (Å²) < 4.78 is 4.58. The molecule has 0 aromatic heterocycles. The lowest BCUT2D eigenvalue weighted by atomic mass is 10.1. The number of hydrogen-bond acceptors (Lipinski definition) is 3. The predicted molar refractivity (Wildman–Crippen MR) is 65.5 cm³/mol. The van der Waals surface area contributed by atoms with Crippen molar-refractivity contribution in [1.29, 1.82) is 0 Å². The van der Waals surface area contributed by atoms with Crippen molar-refractivity contribution in [2.75, 3.05) is 6.61 Å². The zero-order valence-electron chi connectivity index (χ0n) is 9.89. The number of aryl methyl sites for hydroxylation is 1.